The quantitative estimate of drug-likeness (QED) is 0.284. The number of rotatable bonds is 8. The summed E-state index contributed by atoms with van der Waals surface area (Å²) in [7, 11) is -3.96. The Hall–Kier alpha value is -3.54. The van der Waals surface area contributed by atoms with Crippen LogP contribution < -0.4 is 10.6 Å². The molecule has 0 bridgehead atoms. The summed E-state index contributed by atoms with van der Waals surface area (Å²) < 4.78 is 28.8. The maximum atomic E-state index is 12.6. The van der Waals surface area contributed by atoms with Crippen molar-refractivity contribution in [2.75, 3.05) is 23.5 Å². The average molecular weight is 435 g/mol. The lowest BCUT2D eigenvalue weighted by Crippen LogP contribution is -2.33. The van der Waals surface area contributed by atoms with Gasteiger partial charge in [-0.25, -0.2) is 13.2 Å². The van der Waals surface area contributed by atoms with Crippen LogP contribution in [0.4, 0.5) is 22.1 Å². The lowest BCUT2D eigenvalue weighted by molar-refractivity contribution is -0.383. The minimum absolute atomic E-state index is 0.0147. The molecular weight excluding hydrogens is 414 g/mol. The van der Waals surface area contributed by atoms with Crippen molar-refractivity contribution in [2.45, 2.75) is 25.0 Å². The van der Waals surface area contributed by atoms with Gasteiger partial charge in [-0.3, -0.25) is 15.0 Å². The normalized spacial score (nSPS) is 11.0. The van der Waals surface area contributed by atoms with Crippen LogP contribution in [0.1, 0.15) is 18.1 Å². The molecule has 0 aliphatic rings. The van der Waals surface area contributed by atoms with Crippen molar-refractivity contribution in [3.05, 3.63) is 58.2 Å². The molecule has 2 aromatic rings. The zero-order chi connectivity index (χ0) is 22.5. The van der Waals surface area contributed by atoms with E-state index in [1.54, 1.807) is 31.2 Å². The third-order valence-corrected chi connectivity index (χ3v) is 4.69. The Bertz CT molecular complexity index is 1090. The molecule has 1 aromatic heterocycles. The number of nitrogen functional groups attached to an aromatic ring is 1. The maximum Gasteiger partial charge on any atom is 0.415 e. The second-order valence-corrected chi connectivity index (χ2v) is 8.10. The number of hydrogen-bond donors (Lipinski definition) is 1. The molecule has 0 radical (unpaired) electrons. The third kappa shape index (κ3) is 5.29. The maximum absolute atomic E-state index is 12.6. The van der Waals surface area contributed by atoms with Crippen molar-refractivity contribution in [3.8, 4) is 0 Å². The van der Waals surface area contributed by atoms with Crippen LogP contribution in [0.2, 0.25) is 0 Å². The van der Waals surface area contributed by atoms with Gasteiger partial charge in [0.15, 0.2) is 0 Å². The van der Waals surface area contributed by atoms with Crippen molar-refractivity contribution in [1.82, 2.24) is 9.97 Å². The van der Waals surface area contributed by atoms with Crippen molar-refractivity contribution >= 4 is 33.3 Å². The molecule has 0 aliphatic carbocycles. The molecule has 1 aromatic carbocycles. The Labute approximate surface area is 173 Å². The number of carbonyl (C=O) groups excluding carboxylic acids is 1. The first-order valence-corrected chi connectivity index (χ1v) is 10.6. The summed E-state index contributed by atoms with van der Waals surface area (Å²) in [6.45, 7) is 5.04. The number of amides is 1. The first-order valence-electron chi connectivity index (χ1n) is 8.73. The minimum Gasteiger partial charge on any atom is -0.449 e. The first kappa shape index (κ1) is 22.7. The van der Waals surface area contributed by atoms with E-state index in [1.807, 2.05) is 6.07 Å². The zero-order valence-electron chi connectivity index (χ0n) is 16.4. The Morgan fingerprint density at radius 3 is 2.60 bits per heavy atom. The molecule has 0 saturated heterocycles. The summed E-state index contributed by atoms with van der Waals surface area (Å²) in [6.07, 6.45) is 2.15. The van der Waals surface area contributed by atoms with Gasteiger partial charge in [0.25, 0.3) is 5.16 Å². The van der Waals surface area contributed by atoms with Gasteiger partial charge < -0.3 is 10.5 Å². The molecule has 12 heteroatoms. The molecule has 1 amide bonds. The molecule has 2 rings (SSSR count). The highest BCUT2D eigenvalue weighted by Crippen LogP contribution is 2.33. The highest BCUT2D eigenvalue weighted by atomic mass is 32.2. The summed E-state index contributed by atoms with van der Waals surface area (Å²) in [6, 6.07) is 7.09. The van der Waals surface area contributed by atoms with Gasteiger partial charge in [-0.1, -0.05) is 30.3 Å². The van der Waals surface area contributed by atoms with Crippen LogP contribution in [-0.4, -0.2) is 42.3 Å². The van der Waals surface area contributed by atoms with Gasteiger partial charge in [0.05, 0.1) is 18.1 Å². The number of carbonyl (C=O) groups is 1. The zero-order valence-corrected chi connectivity index (χ0v) is 17.3. The van der Waals surface area contributed by atoms with Gasteiger partial charge in [-0.15, -0.1) is 6.58 Å². The number of aromatic nitrogens is 2. The van der Waals surface area contributed by atoms with Gasteiger partial charge in [0, 0.05) is 6.26 Å². The Morgan fingerprint density at radius 1 is 1.37 bits per heavy atom. The third-order valence-electron chi connectivity index (χ3n) is 3.84. The standard InChI is InChI=1S/C18H21N5O6S/c1-4-7-12-8-6-9-13(10-12)11-22(18(24)29-5-2)16-14(23(25)26)15(19)20-17(21-16)30(3,27)28/h4,6,8-10H,1,5,7,11H2,2-3H3,(H2,19,20,21). The molecule has 160 valence electrons. The number of nitrogens with two attached hydrogens (primary N) is 1. The van der Waals surface area contributed by atoms with Crippen LogP contribution in [0.5, 0.6) is 0 Å². The van der Waals surface area contributed by atoms with Crippen molar-refractivity contribution in [2.24, 2.45) is 0 Å². The predicted molar refractivity (Wildman–Crippen MR) is 110 cm³/mol. The van der Waals surface area contributed by atoms with Crippen molar-refractivity contribution in [3.63, 3.8) is 0 Å². The summed E-state index contributed by atoms with van der Waals surface area (Å²) in [5.41, 5.74) is 6.36. The fourth-order valence-electron chi connectivity index (χ4n) is 2.60. The van der Waals surface area contributed by atoms with E-state index in [0.717, 1.165) is 16.7 Å². The van der Waals surface area contributed by atoms with E-state index in [9.17, 15) is 23.3 Å². The molecule has 0 aliphatic heterocycles. The lowest BCUT2D eigenvalue weighted by Gasteiger charge is -2.21. The second kappa shape index (κ2) is 9.31. The molecule has 30 heavy (non-hydrogen) atoms. The molecule has 0 fully saturated rings. The predicted octanol–water partition coefficient (Wildman–Crippen LogP) is 2.26. The van der Waals surface area contributed by atoms with Crippen LogP contribution in [0.25, 0.3) is 0 Å². The number of ether oxygens (including phenoxy) is 1. The minimum atomic E-state index is -3.96. The second-order valence-electron chi connectivity index (χ2n) is 6.19. The number of hydrogen-bond acceptors (Lipinski definition) is 9. The van der Waals surface area contributed by atoms with Crippen LogP contribution in [0, 0.1) is 10.1 Å². The smallest absolute Gasteiger partial charge is 0.415 e. The van der Waals surface area contributed by atoms with E-state index in [1.165, 1.54) is 0 Å². The number of nitro groups is 1. The molecule has 0 saturated carbocycles. The van der Waals surface area contributed by atoms with Crippen LogP contribution >= 0.6 is 0 Å². The summed E-state index contributed by atoms with van der Waals surface area (Å²) in [4.78, 5) is 31.5. The molecule has 1 heterocycles. The summed E-state index contributed by atoms with van der Waals surface area (Å²) in [5, 5.41) is 10.8. The number of benzene rings is 1. The Balaban J connectivity index is 2.68. The van der Waals surface area contributed by atoms with Crippen LogP contribution in [0.15, 0.2) is 42.1 Å². The fraction of sp³-hybridized carbons (Fsp3) is 0.278. The monoisotopic (exact) mass is 435 g/mol. The largest absolute Gasteiger partial charge is 0.449 e. The number of nitrogens with zero attached hydrogens (tertiary/aromatic N) is 4. The number of sulfone groups is 1. The van der Waals surface area contributed by atoms with Crippen molar-refractivity contribution in [1.29, 1.82) is 0 Å². The van der Waals surface area contributed by atoms with Gasteiger partial charge in [0.2, 0.25) is 21.5 Å². The highest BCUT2D eigenvalue weighted by Gasteiger charge is 2.33. The van der Waals surface area contributed by atoms with E-state index in [4.69, 9.17) is 10.5 Å². The van der Waals surface area contributed by atoms with Crippen LogP contribution in [-0.2, 0) is 27.5 Å². The van der Waals surface area contributed by atoms with E-state index < -0.39 is 43.3 Å². The summed E-state index contributed by atoms with van der Waals surface area (Å²) in [5.74, 6) is -1.25. The Morgan fingerprint density at radius 2 is 2.03 bits per heavy atom. The fourth-order valence-corrected chi connectivity index (χ4v) is 3.12. The summed E-state index contributed by atoms with van der Waals surface area (Å²) >= 11 is 0. The van der Waals surface area contributed by atoms with Crippen LogP contribution in [0.3, 0.4) is 0 Å². The molecule has 2 N–H and O–H groups in total. The van der Waals surface area contributed by atoms with Gasteiger partial charge in [-0.05, 0) is 24.5 Å². The molecule has 11 nitrogen and oxygen atoms in total. The van der Waals surface area contributed by atoms with E-state index in [0.29, 0.717) is 12.0 Å². The van der Waals surface area contributed by atoms with E-state index in [2.05, 4.69) is 16.5 Å². The highest BCUT2D eigenvalue weighted by molar-refractivity contribution is 7.90. The number of anilines is 2. The SMILES string of the molecule is C=CCc1cccc(CN(C(=O)OCC)c2nc(S(C)(=O)=O)nc(N)c2[N+](=O)[O-])c1. The molecule has 0 unspecified atom stereocenters. The topological polar surface area (TPSA) is 159 Å². The lowest BCUT2D eigenvalue weighted by atomic mass is 10.1. The molecule has 0 atom stereocenters. The van der Waals surface area contributed by atoms with E-state index >= 15 is 0 Å². The van der Waals surface area contributed by atoms with E-state index in [-0.39, 0.29) is 13.2 Å². The Kier molecular flexibility index (Phi) is 7.06. The molecule has 0 spiro atoms. The first-order chi connectivity index (χ1) is 14.1. The van der Waals surface area contributed by atoms with Crippen molar-refractivity contribution < 1.29 is 22.9 Å². The van der Waals surface area contributed by atoms with Gasteiger partial charge >= 0.3 is 11.8 Å². The average Bonchev–Trinajstić information content (AvgIpc) is 2.65. The van der Waals surface area contributed by atoms with Gasteiger partial charge in [0.1, 0.15) is 0 Å². The van der Waals surface area contributed by atoms with Gasteiger partial charge in [-0.2, -0.15) is 9.97 Å². The molecular formula is C18H21N5O6S. The number of allylic oxidation sites excluding steroid dienone is 1.